The minimum absolute atomic E-state index is 0.00200. The van der Waals surface area contributed by atoms with Gasteiger partial charge in [0.2, 0.25) is 11.7 Å². The third-order valence-electron chi connectivity index (χ3n) is 5.59. The molecule has 1 fully saturated rings. The maximum atomic E-state index is 13.2. The number of ether oxygens (including phenoxy) is 1. The van der Waals surface area contributed by atoms with E-state index in [0.717, 1.165) is 24.2 Å². The first-order valence-corrected chi connectivity index (χ1v) is 10.3. The van der Waals surface area contributed by atoms with E-state index in [1.54, 1.807) is 7.11 Å². The van der Waals surface area contributed by atoms with E-state index >= 15 is 0 Å². The number of hydrogen-bond donors (Lipinski definition) is 0. The van der Waals surface area contributed by atoms with E-state index in [-0.39, 0.29) is 17.4 Å². The van der Waals surface area contributed by atoms with Crippen LogP contribution in [0, 0.1) is 0 Å². The molecule has 1 amide bonds. The molecule has 156 valence electrons. The summed E-state index contributed by atoms with van der Waals surface area (Å²) in [6.45, 7) is 7.17. The maximum Gasteiger partial charge on any atom is 0.254 e. The van der Waals surface area contributed by atoms with Crippen molar-refractivity contribution in [2.75, 3.05) is 13.7 Å². The predicted molar refractivity (Wildman–Crippen MR) is 114 cm³/mol. The number of carbonyl (C=O) groups is 1. The molecule has 0 N–H and O–H groups in total. The minimum atomic E-state index is -0.195. The summed E-state index contributed by atoms with van der Waals surface area (Å²) in [6, 6.07) is 15.2. The van der Waals surface area contributed by atoms with Crippen molar-refractivity contribution in [1.82, 2.24) is 15.0 Å². The van der Waals surface area contributed by atoms with Crippen LogP contribution in [-0.4, -0.2) is 34.6 Å². The average molecular weight is 405 g/mol. The Labute approximate surface area is 176 Å². The molecule has 4 rings (SSSR count). The highest BCUT2D eigenvalue weighted by atomic mass is 16.5. The number of carbonyl (C=O) groups excluding carboxylic acids is 1. The molecule has 2 aromatic carbocycles. The van der Waals surface area contributed by atoms with Gasteiger partial charge in [-0.2, -0.15) is 4.98 Å². The second kappa shape index (κ2) is 7.94. The standard InChI is InChI=1S/C24H27N3O3/c1-24(2,3)18-11-7-17(8-12-18)23(28)27-15-5-6-20(27)22-25-21(26-30-22)16-9-13-19(29-4)14-10-16/h7-14,20H,5-6,15H2,1-4H3/t20-/m0/s1. The Bertz CT molecular complexity index is 1020. The van der Waals surface area contributed by atoms with Gasteiger partial charge in [0.15, 0.2) is 0 Å². The Morgan fingerprint density at radius 1 is 1.10 bits per heavy atom. The molecule has 0 spiro atoms. The molecule has 1 saturated heterocycles. The molecule has 1 aromatic heterocycles. The summed E-state index contributed by atoms with van der Waals surface area (Å²) in [5.74, 6) is 1.77. The van der Waals surface area contributed by atoms with Crippen molar-refractivity contribution in [1.29, 1.82) is 0 Å². The molecule has 2 heterocycles. The molecular formula is C24H27N3O3. The smallest absolute Gasteiger partial charge is 0.254 e. The third kappa shape index (κ3) is 3.95. The van der Waals surface area contributed by atoms with Crippen molar-refractivity contribution in [3.63, 3.8) is 0 Å². The zero-order valence-electron chi connectivity index (χ0n) is 17.9. The molecule has 0 unspecified atom stereocenters. The molecule has 30 heavy (non-hydrogen) atoms. The molecule has 1 atom stereocenters. The largest absolute Gasteiger partial charge is 0.497 e. The van der Waals surface area contributed by atoms with Crippen LogP contribution in [0.2, 0.25) is 0 Å². The minimum Gasteiger partial charge on any atom is -0.497 e. The SMILES string of the molecule is COc1ccc(-c2noc([C@@H]3CCCN3C(=O)c3ccc(C(C)(C)C)cc3)n2)cc1. The van der Waals surface area contributed by atoms with Crippen LogP contribution in [0.25, 0.3) is 11.4 Å². The lowest BCUT2D eigenvalue weighted by Gasteiger charge is -2.23. The van der Waals surface area contributed by atoms with Crippen LogP contribution in [0.15, 0.2) is 53.1 Å². The molecule has 0 saturated carbocycles. The Morgan fingerprint density at radius 3 is 2.43 bits per heavy atom. The Balaban J connectivity index is 1.53. The maximum absolute atomic E-state index is 13.2. The summed E-state index contributed by atoms with van der Waals surface area (Å²) in [6.07, 6.45) is 1.73. The normalized spacial score (nSPS) is 16.7. The number of benzene rings is 2. The van der Waals surface area contributed by atoms with Gasteiger partial charge >= 0.3 is 0 Å². The van der Waals surface area contributed by atoms with Gasteiger partial charge in [-0.1, -0.05) is 38.1 Å². The Morgan fingerprint density at radius 2 is 1.80 bits per heavy atom. The van der Waals surface area contributed by atoms with Crippen molar-refractivity contribution in [2.45, 2.75) is 45.1 Å². The fourth-order valence-electron chi connectivity index (χ4n) is 3.77. The van der Waals surface area contributed by atoms with Crippen molar-refractivity contribution >= 4 is 5.91 Å². The van der Waals surface area contributed by atoms with Gasteiger partial charge in [0.1, 0.15) is 11.8 Å². The summed E-state index contributed by atoms with van der Waals surface area (Å²) in [4.78, 5) is 19.6. The van der Waals surface area contributed by atoms with E-state index in [1.807, 2.05) is 53.4 Å². The van der Waals surface area contributed by atoms with Gasteiger partial charge in [0.25, 0.3) is 5.91 Å². The zero-order valence-corrected chi connectivity index (χ0v) is 17.9. The Kier molecular flexibility index (Phi) is 5.33. The van der Waals surface area contributed by atoms with Crippen molar-refractivity contribution in [3.8, 4) is 17.1 Å². The average Bonchev–Trinajstić information content (AvgIpc) is 3.42. The van der Waals surface area contributed by atoms with Crippen LogP contribution in [0.3, 0.4) is 0 Å². The van der Waals surface area contributed by atoms with Crippen LogP contribution in [0.4, 0.5) is 0 Å². The summed E-state index contributed by atoms with van der Waals surface area (Å²) < 4.78 is 10.7. The lowest BCUT2D eigenvalue weighted by Crippen LogP contribution is -2.30. The topological polar surface area (TPSA) is 68.5 Å². The van der Waals surface area contributed by atoms with E-state index in [9.17, 15) is 4.79 Å². The van der Waals surface area contributed by atoms with Crippen LogP contribution in [-0.2, 0) is 5.41 Å². The molecule has 6 heteroatoms. The van der Waals surface area contributed by atoms with Crippen LogP contribution >= 0.6 is 0 Å². The number of hydrogen-bond acceptors (Lipinski definition) is 5. The molecule has 0 radical (unpaired) electrons. The van der Waals surface area contributed by atoms with Gasteiger partial charge in [-0.15, -0.1) is 0 Å². The van der Waals surface area contributed by atoms with E-state index in [4.69, 9.17) is 9.26 Å². The molecule has 3 aromatic rings. The van der Waals surface area contributed by atoms with Gasteiger partial charge in [0.05, 0.1) is 7.11 Å². The fourth-order valence-corrected chi connectivity index (χ4v) is 3.77. The second-order valence-corrected chi connectivity index (χ2v) is 8.67. The molecular weight excluding hydrogens is 378 g/mol. The van der Waals surface area contributed by atoms with Gasteiger partial charge in [-0.05, 0) is 60.2 Å². The third-order valence-corrected chi connectivity index (χ3v) is 5.59. The molecule has 6 nitrogen and oxygen atoms in total. The van der Waals surface area contributed by atoms with Gasteiger partial charge in [0, 0.05) is 17.7 Å². The van der Waals surface area contributed by atoms with Crippen molar-refractivity contribution in [3.05, 3.63) is 65.5 Å². The first kappa shape index (κ1) is 20.1. The monoisotopic (exact) mass is 405 g/mol. The van der Waals surface area contributed by atoms with Crippen LogP contribution in [0.1, 0.15) is 61.5 Å². The van der Waals surface area contributed by atoms with Gasteiger partial charge in [-0.3, -0.25) is 4.79 Å². The number of methoxy groups -OCH3 is 1. The van der Waals surface area contributed by atoms with Crippen molar-refractivity contribution in [2.24, 2.45) is 0 Å². The molecule has 1 aliphatic rings. The summed E-state index contributed by atoms with van der Waals surface area (Å²) in [5.41, 5.74) is 2.79. The van der Waals surface area contributed by atoms with E-state index < -0.39 is 0 Å². The number of likely N-dealkylation sites (tertiary alicyclic amines) is 1. The fraction of sp³-hybridized carbons (Fsp3) is 0.375. The highest BCUT2D eigenvalue weighted by Crippen LogP contribution is 2.34. The lowest BCUT2D eigenvalue weighted by atomic mass is 9.86. The van der Waals surface area contributed by atoms with Gasteiger partial charge < -0.3 is 14.2 Å². The second-order valence-electron chi connectivity index (χ2n) is 8.67. The first-order chi connectivity index (χ1) is 14.4. The number of aromatic nitrogens is 2. The summed E-state index contributed by atoms with van der Waals surface area (Å²) in [5, 5.41) is 4.13. The molecule has 0 aliphatic carbocycles. The van der Waals surface area contributed by atoms with E-state index in [1.165, 1.54) is 5.56 Å². The van der Waals surface area contributed by atoms with Crippen LogP contribution in [0.5, 0.6) is 5.75 Å². The van der Waals surface area contributed by atoms with Gasteiger partial charge in [-0.25, -0.2) is 0 Å². The number of nitrogens with zero attached hydrogens (tertiary/aromatic N) is 3. The van der Waals surface area contributed by atoms with Crippen LogP contribution < -0.4 is 4.74 Å². The summed E-state index contributed by atoms with van der Waals surface area (Å²) >= 11 is 0. The highest BCUT2D eigenvalue weighted by Gasteiger charge is 2.34. The molecule has 0 bridgehead atoms. The lowest BCUT2D eigenvalue weighted by molar-refractivity contribution is 0.0710. The summed E-state index contributed by atoms with van der Waals surface area (Å²) in [7, 11) is 1.63. The molecule has 1 aliphatic heterocycles. The van der Waals surface area contributed by atoms with E-state index in [2.05, 4.69) is 30.9 Å². The van der Waals surface area contributed by atoms with E-state index in [0.29, 0.717) is 23.8 Å². The highest BCUT2D eigenvalue weighted by molar-refractivity contribution is 5.94. The number of amides is 1. The number of rotatable bonds is 4. The quantitative estimate of drug-likeness (QED) is 0.610. The first-order valence-electron chi connectivity index (χ1n) is 10.3. The predicted octanol–water partition coefficient (Wildman–Crippen LogP) is 5.02. The van der Waals surface area contributed by atoms with Crippen molar-refractivity contribution < 1.29 is 14.1 Å². The Hall–Kier alpha value is -3.15. The zero-order chi connectivity index (χ0) is 21.3.